The lowest BCUT2D eigenvalue weighted by Crippen LogP contribution is -2.53. The Hall–Kier alpha value is -4.43. The summed E-state index contributed by atoms with van der Waals surface area (Å²) in [4.78, 5) is 29.7. The maximum Gasteiger partial charge on any atom is 0.264 e. The number of carbonyl (C=O) groups excluding carboxylic acids is 2. The van der Waals surface area contributed by atoms with Crippen molar-refractivity contribution >= 4 is 27.5 Å². The molecule has 0 aliphatic rings. The fourth-order valence-electron chi connectivity index (χ4n) is 4.92. The van der Waals surface area contributed by atoms with Crippen molar-refractivity contribution in [2.45, 2.75) is 51.1 Å². The van der Waals surface area contributed by atoms with E-state index in [4.69, 9.17) is 0 Å². The molecule has 2 amide bonds. The average molecular weight is 598 g/mol. The lowest BCUT2D eigenvalue weighted by Gasteiger charge is -2.34. The summed E-state index contributed by atoms with van der Waals surface area (Å²) >= 11 is 0. The lowest BCUT2D eigenvalue weighted by atomic mass is 10.0. The molecule has 4 rings (SSSR count). The van der Waals surface area contributed by atoms with Crippen LogP contribution in [0.15, 0.2) is 114 Å². The predicted molar refractivity (Wildman–Crippen MR) is 171 cm³/mol. The van der Waals surface area contributed by atoms with Crippen LogP contribution in [-0.2, 0) is 32.6 Å². The molecule has 0 saturated carbocycles. The van der Waals surface area contributed by atoms with Crippen molar-refractivity contribution in [3.63, 3.8) is 0 Å². The SMILES string of the molecule is CCCNC(=O)[C@@H](Cc1ccccc1)N(Cc1ccccc1)C(=O)CN(c1cc(C)ccc1C)S(=O)(=O)c1ccccc1. The summed E-state index contributed by atoms with van der Waals surface area (Å²) in [7, 11) is -4.13. The second-order valence-corrected chi connectivity index (χ2v) is 12.5. The molecule has 1 N–H and O–H groups in total. The van der Waals surface area contributed by atoms with Gasteiger partial charge in [-0.2, -0.15) is 0 Å². The largest absolute Gasteiger partial charge is 0.354 e. The minimum Gasteiger partial charge on any atom is -0.354 e. The van der Waals surface area contributed by atoms with Crippen molar-refractivity contribution in [3.05, 3.63) is 131 Å². The number of sulfonamides is 1. The minimum atomic E-state index is -4.13. The van der Waals surface area contributed by atoms with E-state index < -0.39 is 28.5 Å². The van der Waals surface area contributed by atoms with Crippen molar-refractivity contribution < 1.29 is 18.0 Å². The summed E-state index contributed by atoms with van der Waals surface area (Å²) in [6.45, 7) is 5.81. The number of nitrogens with one attached hydrogen (secondary N) is 1. The minimum absolute atomic E-state index is 0.0832. The van der Waals surface area contributed by atoms with Gasteiger partial charge in [0.05, 0.1) is 10.6 Å². The summed E-state index contributed by atoms with van der Waals surface area (Å²) in [5.41, 5.74) is 3.74. The van der Waals surface area contributed by atoms with Gasteiger partial charge in [-0.3, -0.25) is 13.9 Å². The van der Waals surface area contributed by atoms with Gasteiger partial charge in [-0.05, 0) is 60.7 Å². The topological polar surface area (TPSA) is 86.8 Å². The van der Waals surface area contributed by atoms with Gasteiger partial charge in [0.25, 0.3) is 10.0 Å². The first-order valence-electron chi connectivity index (χ1n) is 14.5. The molecule has 43 heavy (non-hydrogen) atoms. The van der Waals surface area contributed by atoms with Crippen LogP contribution in [0.25, 0.3) is 0 Å². The zero-order chi connectivity index (χ0) is 30.8. The molecule has 0 spiro atoms. The second-order valence-electron chi connectivity index (χ2n) is 10.6. The molecule has 4 aromatic rings. The molecule has 0 aromatic heterocycles. The molecule has 0 fully saturated rings. The molecule has 0 bridgehead atoms. The van der Waals surface area contributed by atoms with Gasteiger partial charge >= 0.3 is 0 Å². The van der Waals surface area contributed by atoms with E-state index in [1.165, 1.54) is 21.3 Å². The molecular formula is C35H39N3O4S. The van der Waals surface area contributed by atoms with E-state index in [0.29, 0.717) is 17.8 Å². The van der Waals surface area contributed by atoms with E-state index in [1.807, 2.05) is 93.6 Å². The van der Waals surface area contributed by atoms with E-state index >= 15 is 0 Å². The van der Waals surface area contributed by atoms with Gasteiger partial charge in [0.2, 0.25) is 11.8 Å². The second kappa shape index (κ2) is 14.6. The molecule has 0 aliphatic carbocycles. The fraction of sp³-hybridized carbons (Fsp3) is 0.257. The monoisotopic (exact) mass is 597 g/mol. The van der Waals surface area contributed by atoms with E-state index in [-0.39, 0.29) is 23.8 Å². The Morgan fingerprint density at radius 2 is 1.37 bits per heavy atom. The van der Waals surface area contributed by atoms with Crippen LogP contribution in [0.4, 0.5) is 5.69 Å². The Bertz CT molecular complexity index is 1610. The van der Waals surface area contributed by atoms with Crippen molar-refractivity contribution in [1.82, 2.24) is 10.2 Å². The highest BCUT2D eigenvalue weighted by atomic mass is 32.2. The van der Waals surface area contributed by atoms with Crippen molar-refractivity contribution in [3.8, 4) is 0 Å². The Morgan fingerprint density at radius 1 is 0.791 bits per heavy atom. The van der Waals surface area contributed by atoms with Crippen LogP contribution in [0.1, 0.15) is 35.6 Å². The van der Waals surface area contributed by atoms with Crippen LogP contribution < -0.4 is 9.62 Å². The Balaban J connectivity index is 1.80. The van der Waals surface area contributed by atoms with Gasteiger partial charge in [-0.15, -0.1) is 0 Å². The van der Waals surface area contributed by atoms with Gasteiger partial charge in [0.15, 0.2) is 0 Å². The molecule has 8 heteroatoms. The smallest absolute Gasteiger partial charge is 0.264 e. The van der Waals surface area contributed by atoms with Crippen LogP contribution in [0.5, 0.6) is 0 Å². The summed E-state index contributed by atoms with van der Waals surface area (Å²) in [5, 5.41) is 2.97. The predicted octanol–water partition coefficient (Wildman–Crippen LogP) is 5.67. The summed E-state index contributed by atoms with van der Waals surface area (Å²) in [6, 6.07) is 31.8. The summed E-state index contributed by atoms with van der Waals surface area (Å²) in [5.74, 6) is -0.754. The molecule has 224 valence electrons. The first kappa shape index (κ1) is 31.5. The highest BCUT2D eigenvalue weighted by Gasteiger charge is 2.35. The van der Waals surface area contributed by atoms with Crippen LogP contribution in [-0.4, -0.2) is 44.3 Å². The number of hydrogen-bond donors (Lipinski definition) is 1. The third-order valence-electron chi connectivity index (χ3n) is 7.26. The third kappa shape index (κ3) is 8.11. The number of carbonyl (C=O) groups is 2. The molecule has 7 nitrogen and oxygen atoms in total. The number of aryl methyl sites for hydroxylation is 2. The first-order chi connectivity index (χ1) is 20.7. The fourth-order valence-corrected chi connectivity index (χ4v) is 6.41. The van der Waals surface area contributed by atoms with E-state index in [9.17, 15) is 18.0 Å². The van der Waals surface area contributed by atoms with E-state index in [1.54, 1.807) is 24.3 Å². The van der Waals surface area contributed by atoms with E-state index in [2.05, 4.69) is 5.32 Å². The molecule has 0 radical (unpaired) electrons. The van der Waals surface area contributed by atoms with Crippen molar-refractivity contribution in [1.29, 1.82) is 0 Å². The molecule has 4 aromatic carbocycles. The van der Waals surface area contributed by atoms with Crippen LogP contribution in [0.2, 0.25) is 0 Å². The van der Waals surface area contributed by atoms with Crippen molar-refractivity contribution in [2.24, 2.45) is 0 Å². The van der Waals surface area contributed by atoms with Gasteiger partial charge in [0.1, 0.15) is 12.6 Å². The van der Waals surface area contributed by atoms with Crippen LogP contribution in [0, 0.1) is 13.8 Å². The molecule has 0 unspecified atom stereocenters. The zero-order valence-corrected chi connectivity index (χ0v) is 25.8. The molecule has 0 heterocycles. The number of anilines is 1. The first-order valence-corrected chi connectivity index (χ1v) is 15.9. The van der Waals surface area contributed by atoms with Crippen LogP contribution >= 0.6 is 0 Å². The Kier molecular flexibility index (Phi) is 10.7. The van der Waals surface area contributed by atoms with Gasteiger partial charge in [-0.25, -0.2) is 8.42 Å². The standard InChI is InChI=1S/C35H39N3O4S/c1-4-22-36-35(40)33(24-29-14-8-5-9-15-29)37(25-30-16-10-6-11-17-30)34(39)26-38(32-23-27(2)20-21-28(32)3)43(41,42)31-18-12-7-13-19-31/h5-21,23,33H,4,22,24-26H2,1-3H3,(H,36,40)/t33-/m1/s1. The molecule has 0 saturated heterocycles. The third-order valence-corrected chi connectivity index (χ3v) is 9.03. The number of amides is 2. The number of nitrogens with zero attached hydrogens (tertiary/aromatic N) is 2. The van der Waals surface area contributed by atoms with Crippen LogP contribution in [0.3, 0.4) is 0 Å². The quantitative estimate of drug-likeness (QED) is 0.215. The normalized spacial score (nSPS) is 11.9. The maximum atomic E-state index is 14.5. The van der Waals surface area contributed by atoms with Gasteiger partial charge in [0, 0.05) is 19.5 Å². The van der Waals surface area contributed by atoms with Gasteiger partial charge < -0.3 is 10.2 Å². The Morgan fingerprint density at radius 3 is 1.98 bits per heavy atom. The molecule has 0 aliphatic heterocycles. The number of benzene rings is 4. The summed E-state index contributed by atoms with van der Waals surface area (Å²) in [6.07, 6.45) is 1.02. The van der Waals surface area contributed by atoms with Crippen molar-refractivity contribution in [2.75, 3.05) is 17.4 Å². The summed E-state index contributed by atoms with van der Waals surface area (Å²) < 4.78 is 29.4. The Labute approximate surface area is 255 Å². The lowest BCUT2D eigenvalue weighted by molar-refractivity contribution is -0.140. The highest BCUT2D eigenvalue weighted by Crippen LogP contribution is 2.28. The zero-order valence-electron chi connectivity index (χ0n) is 24.9. The maximum absolute atomic E-state index is 14.5. The van der Waals surface area contributed by atoms with Gasteiger partial charge in [-0.1, -0.05) is 97.9 Å². The average Bonchev–Trinajstić information content (AvgIpc) is 3.03. The number of hydrogen-bond acceptors (Lipinski definition) is 4. The van der Waals surface area contributed by atoms with E-state index in [0.717, 1.165) is 23.1 Å². The highest BCUT2D eigenvalue weighted by molar-refractivity contribution is 7.92. The number of rotatable bonds is 13. The molecular weight excluding hydrogens is 558 g/mol. The molecule has 1 atom stereocenters.